The first-order valence-corrected chi connectivity index (χ1v) is 16.3. The van der Waals surface area contributed by atoms with Gasteiger partial charge >= 0.3 is 0 Å². The highest BCUT2D eigenvalue weighted by molar-refractivity contribution is 14.1. The number of anilines is 2. The molecule has 1 amide bonds. The van der Waals surface area contributed by atoms with E-state index in [9.17, 15) is 4.79 Å². The second kappa shape index (κ2) is 14.2. The Hall–Kier alpha value is -2.71. The first kappa shape index (κ1) is 30.7. The Morgan fingerprint density at radius 3 is 2.38 bits per heavy atom. The highest BCUT2D eigenvalue weighted by atomic mass is 127. The number of rotatable bonds is 9. The fourth-order valence-corrected chi connectivity index (χ4v) is 7.01. The molecule has 0 saturated heterocycles. The number of ether oxygens (including phenoxy) is 1. The molecular formula is C31H22Cl2I2N4O2S. The fourth-order valence-electron chi connectivity index (χ4n) is 3.82. The van der Waals surface area contributed by atoms with Crippen molar-refractivity contribution in [1.29, 1.82) is 0 Å². The molecule has 0 aliphatic heterocycles. The normalized spacial score (nSPS) is 11.1. The van der Waals surface area contributed by atoms with E-state index in [-0.39, 0.29) is 5.91 Å². The number of aryl methyl sites for hydroxylation is 1. The van der Waals surface area contributed by atoms with Crippen molar-refractivity contribution in [2.24, 2.45) is 5.10 Å². The molecule has 0 bridgehead atoms. The van der Waals surface area contributed by atoms with Gasteiger partial charge < -0.3 is 10.1 Å². The van der Waals surface area contributed by atoms with Crippen LogP contribution in [0.2, 0.25) is 10.0 Å². The third-order valence-corrected chi connectivity index (χ3v) is 9.12. The fraction of sp³-hybridized carbons (Fsp3) is 0.0645. The molecule has 5 rings (SSSR count). The molecule has 2 N–H and O–H groups in total. The van der Waals surface area contributed by atoms with Crippen molar-refractivity contribution in [3.05, 3.63) is 124 Å². The molecule has 42 heavy (non-hydrogen) atoms. The molecule has 0 aliphatic carbocycles. The van der Waals surface area contributed by atoms with Gasteiger partial charge in [0.05, 0.1) is 29.1 Å². The van der Waals surface area contributed by atoms with E-state index in [0.717, 1.165) is 46.1 Å². The topological polar surface area (TPSA) is 75.6 Å². The molecule has 1 heterocycles. The maximum Gasteiger partial charge on any atom is 0.271 e. The summed E-state index contributed by atoms with van der Waals surface area (Å²) in [5.41, 5.74) is 8.81. The third-order valence-electron chi connectivity index (χ3n) is 6.02. The van der Waals surface area contributed by atoms with Crippen LogP contribution in [-0.2, 0) is 6.61 Å². The van der Waals surface area contributed by atoms with Gasteiger partial charge in [0, 0.05) is 22.2 Å². The maximum atomic E-state index is 12.7. The molecule has 0 saturated carbocycles. The Kier molecular flexibility index (Phi) is 10.4. The van der Waals surface area contributed by atoms with E-state index in [1.54, 1.807) is 30.5 Å². The quantitative estimate of drug-likeness (QED) is 0.0882. The monoisotopic (exact) mass is 838 g/mol. The molecule has 1 aromatic heterocycles. The van der Waals surface area contributed by atoms with Crippen LogP contribution in [-0.4, -0.2) is 17.1 Å². The van der Waals surface area contributed by atoms with Crippen LogP contribution in [0.25, 0.3) is 11.3 Å². The first-order valence-electron chi connectivity index (χ1n) is 12.5. The number of hydrogen-bond acceptors (Lipinski definition) is 6. The van der Waals surface area contributed by atoms with Gasteiger partial charge in [0.1, 0.15) is 12.4 Å². The van der Waals surface area contributed by atoms with Crippen LogP contribution in [0.4, 0.5) is 10.8 Å². The summed E-state index contributed by atoms with van der Waals surface area (Å²) in [6.07, 6.45) is 1.61. The van der Waals surface area contributed by atoms with E-state index in [2.05, 4.69) is 85.1 Å². The van der Waals surface area contributed by atoms with E-state index < -0.39 is 0 Å². The number of thiazole rings is 1. The van der Waals surface area contributed by atoms with Crippen LogP contribution in [0.15, 0.2) is 89.3 Å². The molecule has 4 aromatic carbocycles. The van der Waals surface area contributed by atoms with Gasteiger partial charge in [0.15, 0.2) is 5.13 Å². The number of carbonyl (C=O) groups excluding carboxylic acids is 1. The van der Waals surface area contributed by atoms with Crippen molar-refractivity contribution in [3.8, 4) is 17.0 Å². The van der Waals surface area contributed by atoms with Gasteiger partial charge in [-0.15, -0.1) is 11.3 Å². The van der Waals surface area contributed by atoms with Gasteiger partial charge in [-0.3, -0.25) is 4.79 Å². The molecule has 0 radical (unpaired) electrons. The highest BCUT2D eigenvalue weighted by Crippen LogP contribution is 2.31. The Morgan fingerprint density at radius 2 is 1.69 bits per heavy atom. The first-order chi connectivity index (χ1) is 20.2. The van der Waals surface area contributed by atoms with E-state index in [0.29, 0.717) is 22.2 Å². The zero-order valence-corrected chi connectivity index (χ0v) is 28.6. The summed E-state index contributed by atoms with van der Waals surface area (Å²) in [5.74, 6) is 0.463. The molecule has 5 aromatic rings. The Morgan fingerprint density at radius 1 is 0.976 bits per heavy atom. The van der Waals surface area contributed by atoms with Crippen molar-refractivity contribution in [1.82, 2.24) is 10.4 Å². The lowest BCUT2D eigenvalue weighted by atomic mass is 10.1. The van der Waals surface area contributed by atoms with Crippen molar-refractivity contribution in [3.63, 3.8) is 0 Å². The highest BCUT2D eigenvalue weighted by Gasteiger charge is 2.11. The van der Waals surface area contributed by atoms with Gasteiger partial charge in [-0.05, 0) is 112 Å². The second-order valence-electron chi connectivity index (χ2n) is 9.16. The minimum absolute atomic E-state index is 0.302. The summed E-state index contributed by atoms with van der Waals surface area (Å²) in [6.45, 7) is 2.42. The largest absolute Gasteiger partial charge is 0.487 e. The van der Waals surface area contributed by atoms with E-state index >= 15 is 0 Å². The lowest BCUT2D eigenvalue weighted by Gasteiger charge is -2.12. The number of aromatic nitrogens is 1. The summed E-state index contributed by atoms with van der Waals surface area (Å²) >= 11 is 18.1. The van der Waals surface area contributed by atoms with Gasteiger partial charge in [-0.2, -0.15) is 5.10 Å². The predicted molar refractivity (Wildman–Crippen MR) is 190 cm³/mol. The Bertz CT molecular complexity index is 1740. The smallest absolute Gasteiger partial charge is 0.271 e. The van der Waals surface area contributed by atoms with Gasteiger partial charge in [0.25, 0.3) is 5.91 Å². The van der Waals surface area contributed by atoms with Crippen LogP contribution >= 0.6 is 79.7 Å². The molecule has 0 fully saturated rings. The van der Waals surface area contributed by atoms with Crippen LogP contribution in [0.5, 0.6) is 5.75 Å². The third kappa shape index (κ3) is 8.01. The van der Waals surface area contributed by atoms with E-state index in [1.807, 2.05) is 47.8 Å². The maximum absolute atomic E-state index is 12.7. The average molecular weight is 839 g/mol. The molecule has 11 heteroatoms. The molecule has 0 unspecified atom stereocenters. The van der Waals surface area contributed by atoms with E-state index in [4.69, 9.17) is 27.9 Å². The van der Waals surface area contributed by atoms with Crippen LogP contribution in [0.3, 0.4) is 0 Å². The minimum Gasteiger partial charge on any atom is -0.487 e. The molecular weight excluding hydrogens is 817 g/mol. The van der Waals surface area contributed by atoms with E-state index in [1.165, 1.54) is 16.9 Å². The van der Waals surface area contributed by atoms with Crippen LogP contribution in [0.1, 0.15) is 27.0 Å². The Labute approximate surface area is 284 Å². The van der Waals surface area contributed by atoms with Crippen molar-refractivity contribution >= 4 is 103 Å². The number of benzene rings is 4. The standard InChI is InChI=1S/C31H22Cl2I2N4O2S/c1-18-2-9-23(10-3-18)37-31-38-28(17-42-31)21-5-7-22(8-6-21)30(40)39-36-15-20-13-26(34)29(27(35)14-20)41-16-19-4-11-24(32)25(33)12-19/h2-15,17H,16H2,1H3,(H,37,38)(H,39,40)/b36-15-. The van der Waals surface area contributed by atoms with Crippen molar-refractivity contribution < 1.29 is 9.53 Å². The van der Waals surface area contributed by atoms with Gasteiger partial charge in [-0.1, -0.05) is 59.1 Å². The number of carbonyl (C=O) groups is 1. The zero-order chi connectivity index (χ0) is 29.6. The number of nitrogens with zero attached hydrogens (tertiary/aromatic N) is 2. The summed E-state index contributed by atoms with van der Waals surface area (Å²) in [6, 6.07) is 24.7. The summed E-state index contributed by atoms with van der Waals surface area (Å²) in [5, 5.41) is 11.3. The number of hydrogen-bond donors (Lipinski definition) is 2. The number of nitrogens with one attached hydrogen (secondary N) is 2. The average Bonchev–Trinajstić information content (AvgIpc) is 3.44. The summed E-state index contributed by atoms with van der Waals surface area (Å²) in [7, 11) is 0. The molecule has 0 aliphatic rings. The molecule has 0 atom stereocenters. The van der Waals surface area contributed by atoms with Crippen LogP contribution in [0, 0.1) is 14.1 Å². The number of hydrazone groups is 1. The predicted octanol–water partition coefficient (Wildman–Crippen LogP) is 9.72. The molecule has 0 spiro atoms. The van der Waals surface area contributed by atoms with Gasteiger partial charge in [0.2, 0.25) is 0 Å². The lowest BCUT2D eigenvalue weighted by molar-refractivity contribution is 0.0955. The minimum atomic E-state index is -0.302. The molecule has 212 valence electrons. The number of amides is 1. The SMILES string of the molecule is Cc1ccc(Nc2nc(-c3ccc(C(=O)N/N=C\c4cc(I)c(OCc5ccc(Cl)c(Cl)c5)c(I)c4)cc3)cs2)cc1. The Balaban J connectivity index is 1.16. The zero-order valence-electron chi connectivity index (χ0n) is 22.0. The second-order valence-corrected chi connectivity index (χ2v) is 13.2. The number of halogens is 4. The lowest BCUT2D eigenvalue weighted by Crippen LogP contribution is -2.17. The van der Waals surface area contributed by atoms with Crippen LogP contribution < -0.4 is 15.5 Å². The summed E-state index contributed by atoms with van der Waals surface area (Å²) in [4.78, 5) is 17.4. The van der Waals surface area contributed by atoms with Crippen molar-refractivity contribution in [2.75, 3.05) is 5.32 Å². The summed E-state index contributed by atoms with van der Waals surface area (Å²) < 4.78 is 7.88. The molecule has 6 nitrogen and oxygen atoms in total. The van der Waals surface area contributed by atoms with Gasteiger partial charge in [-0.25, -0.2) is 10.4 Å². The van der Waals surface area contributed by atoms with Crippen molar-refractivity contribution in [2.45, 2.75) is 13.5 Å².